The second-order valence-electron chi connectivity index (χ2n) is 4.55. The number of nitrogens with one attached hydrogen (secondary N) is 1. The molecule has 0 aromatic rings. The minimum absolute atomic E-state index is 0.00588. The number of aliphatic hydroxyl groups excluding tert-OH is 1. The molecule has 5 heteroatoms. The molecule has 1 saturated heterocycles. The van der Waals surface area contributed by atoms with Crippen LogP contribution in [-0.4, -0.2) is 54.5 Å². The number of aliphatic hydroxyl groups is 1. The average Bonchev–Trinajstić information content (AvgIpc) is 2.82. The molecule has 2 N–H and O–H groups in total. The summed E-state index contributed by atoms with van der Waals surface area (Å²) >= 11 is 0. The lowest BCUT2D eigenvalue weighted by atomic mass is 10.2. The summed E-state index contributed by atoms with van der Waals surface area (Å²) in [4.78, 5) is 13.6. The van der Waals surface area contributed by atoms with Crippen LogP contribution in [0.3, 0.4) is 0 Å². The summed E-state index contributed by atoms with van der Waals surface area (Å²) < 4.78 is 5.31. The van der Waals surface area contributed by atoms with Gasteiger partial charge in [0.1, 0.15) is 0 Å². The van der Waals surface area contributed by atoms with Crippen LogP contribution >= 0.6 is 0 Å². The van der Waals surface area contributed by atoms with Crippen LogP contribution in [0.2, 0.25) is 0 Å². The molecule has 2 amide bonds. The van der Waals surface area contributed by atoms with Crippen molar-refractivity contribution in [1.29, 1.82) is 0 Å². The molecule has 1 saturated carbocycles. The molecule has 0 spiro atoms. The number of hydrogen-bond donors (Lipinski definition) is 2. The van der Waals surface area contributed by atoms with E-state index in [-0.39, 0.29) is 18.7 Å². The van der Waals surface area contributed by atoms with Gasteiger partial charge in [0.05, 0.1) is 25.9 Å². The lowest BCUT2D eigenvalue weighted by Crippen LogP contribution is -2.52. The third-order valence-corrected chi connectivity index (χ3v) is 3.31. The first kappa shape index (κ1) is 11.7. The molecular formula is C11H20N2O3. The number of urea groups is 1. The number of carbonyl (C=O) groups is 1. The molecule has 1 aliphatic heterocycles. The number of ether oxygens (including phenoxy) is 1. The lowest BCUT2D eigenvalue weighted by Gasteiger charge is -2.32. The molecule has 1 heterocycles. The van der Waals surface area contributed by atoms with Gasteiger partial charge in [-0.05, 0) is 12.8 Å². The van der Waals surface area contributed by atoms with Crippen molar-refractivity contribution >= 4 is 6.03 Å². The van der Waals surface area contributed by atoms with E-state index >= 15 is 0 Å². The van der Waals surface area contributed by atoms with Crippen molar-refractivity contribution in [2.75, 3.05) is 26.3 Å². The van der Waals surface area contributed by atoms with Crippen LogP contribution in [0.1, 0.15) is 25.7 Å². The molecule has 16 heavy (non-hydrogen) atoms. The highest BCUT2D eigenvalue weighted by atomic mass is 16.5. The van der Waals surface area contributed by atoms with Gasteiger partial charge in [0.25, 0.3) is 0 Å². The normalized spacial score (nSPS) is 27.1. The van der Waals surface area contributed by atoms with Crippen molar-refractivity contribution < 1.29 is 14.6 Å². The molecule has 0 bridgehead atoms. The van der Waals surface area contributed by atoms with Gasteiger partial charge in [-0.1, -0.05) is 12.8 Å². The standard InChI is InChI=1S/C11H20N2O3/c14-8-10-7-13(5-6-16-10)11(15)12-9-3-1-2-4-9/h9-10,14H,1-8H2,(H,12,15). The zero-order valence-electron chi connectivity index (χ0n) is 9.52. The molecule has 1 atom stereocenters. The smallest absolute Gasteiger partial charge is 0.317 e. The van der Waals surface area contributed by atoms with E-state index in [4.69, 9.17) is 9.84 Å². The van der Waals surface area contributed by atoms with E-state index in [1.54, 1.807) is 4.90 Å². The largest absolute Gasteiger partial charge is 0.394 e. The van der Waals surface area contributed by atoms with Crippen LogP contribution in [0.25, 0.3) is 0 Å². The van der Waals surface area contributed by atoms with Crippen molar-refractivity contribution in [1.82, 2.24) is 10.2 Å². The van der Waals surface area contributed by atoms with Gasteiger partial charge in [-0.15, -0.1) is 0 Å². The first-order valence-corrected chi connectivity index (χ1v) is 6.07. The lowest BCUT2D eigenvalue weighted by molar-refractivity contribution is -0.0405. The van der Waals surface area contributed by atoms with Crippen molar-refractivity contribution in [3.8, 4) is 0 Å². The Balaban J connectivity index is 1.79. The number of carbonyl (C=O) groups excluding carboxylic acids is 1. The van der Waals surface area contributed by atoms with Gasteiger partial charge < -0.3 is 20.1 Å². The first-order valence-electron chi connectivity index (χ1n) is 6.07. The minimum Gasteiger partial charge on any atom is -0.394 e. The summed E-state index contributed by atoms with van der Waals surface area (Å²) in [6.07, 6.45) is 4.41. The van der Waals surface area contributed by atoms with E-state index < -0.39 is 0 Å². The third-order valence-electron chi connectivity index (χ3n) is 3.31. The van der Waals surface area contributed by atoms with E-state index in [0.29, 0.717) is 25.7 Å². The molecule has 0 aromatic carbocycles. The van der Waals surface area contributed by atoms with Gasteiger partial charge in [-0.3, -0.25) is 0 Å². The van der Waals surface area contributed by atoms with Crippen LogP contribution in [0.4, 0.5) is 4.79 Å². The summed E-state index contributed by atoms with van der Waals surface area (Å²) in [5, 5.41) is 12.0. The highest BCUT2D eigenvalue weighted by Gasteiger charge is 2.25. The fraction of sp³-hybridized carbons (Fsp3) is 0.909. The van der Waals surface area contributed by atoms with E-state index in [1.165, 1.54) is 12.8 Å². The number of amides is 2. The predicted molar refractivity (Wildman–Crippen MR) is 59.2 cm³/mol. The van der Waals surface area contributed by atoms with Gasteiger partial charge in [0.15, 0.2) is 0 Å². The topological polar surface area (TPSA) is 61.8 Å². The number of nitrogens with zero attached hydrogens (tertiary/aromatic N) is 1. The first-order chi connectivity index (χ1) is 7.79. The van der Waals surface area contributed by atoms with Crippen LogP contribution in [-0.2, 0) is 4.74 Å². The Morgan fingerprint density at radius 2 is 2.19 bits per heavy atom. The van der Waals surface area contributed by atoms with Crippen molar-refractivity contribution in [2.24, 2.45) is 0 Å². The van der Waals surface area contributed by atoms with Gasteiger partial charge in [0, 0.05) is 12.6 Å². The zero-order valence-corrected chi connectivity index (χ0v) is 9.52. The highest BCUT2D eigenvalue weighted by molar-refractivity contribution is 5.74. The molecule has 2 fully saturated rings. The van der Waals surface area contributed by atoms with E-state index in [0.717, 1.165) is 12.8 Å². The highest BCUT2D eigenvalue weighted by Crippen LogP contribution is 2.18. The Kier molecular flexibility index (Phi) is 4.01. The Morgan fingerprint density at radius 1 is 1.44 bits per heavy atom. The van der Waals surface area contributed by atoms with Crippen molar-refractivity contribution in [3.63, 3.8) is 0 Å². The number of hydrogen-bond acceptors (Lipinski definition) is 3. The quantitative estimate of drug-likeness (QED) is 0.716. The molecule has 0 aromatic heterocycles. The Bertz CT molecular complexity index is 241. The second kappa shape index (κ2) is 5.50. The molecule has 1 unspecified atom stereocenters. The molecular weight excluding hydrogens is 208 g/mol. The Hall–Kier alpha value is -0.810. The SMILES string of the molecule is O=C(NC1CCCC1)N1CCOC(CO)C1. The molecule has 2 aliphatic rings. The molecule has 1 aliphatic carbocycles. The number of morpholine rings is 1. The molecule has 5 nitrogen and oxygen atoms in total. The second-order valence-corrected chi connectivity index (χ2v) is 4.55. The van der Waals surface area contributed by atoms with Crippen molar-refractivity contribution in [2.45, 2.75) is 37.8 Å². The fourth-order valence-corrected chi connectivity index (χ4v) is 2.35. The van der Waals surface area contributed by atoms with E-state index in [1.807, 2.05) is 0 Å². The predicted octanol–water partition coefficient (Wildman–Crippen LogP) is 0.332. The monoisotopic (exact) mass is 228 g/mol. The maximum Gasteiger partial charge on any atom is 0.317 e. The summed E-state index contributed by atoms with van der Waals surface area (Å²) in [6, 6.07) is 0.344. The molecule has 92 valence electrons. The maximum atomic E-state index is 11.9. The summed E-state index contributed by atoms with van der Waals surface area (Å²) in [7, 11) is 0. The summed E-state index contributed by atoms with van der Waals surface area (Å²) in [5.74, 6) is 0. The van der Waals surface area contributed by atoms with Gasteiger partial charge >= 0.3 is 6.03 Å². The maximum absolute atomic E-state index is 11.9. The third kappa shape index (κ3) is 2.86. The molecule has 0 radical (unpaired) electrons. The van der Waals surface area contributed by atoms with E-state index in [2.05, 4.69) is 5.32 Å². The summed E-state index contributed by atoms with van der Waals surface area (Å²) in [6.45, 7) is 1.61. The van der Waals surface area contributed by atoms with Crippen LogP contribution < -0.4 is 5.32 Å². The van der Waals surface area contributed by atoms with Crippen molar-refractivity contribution in [3.05, 3.63) is 0 Å². The van der Waals surface area contributed by atoms with Gasteiger partial charge in [0.2, 0.25) is 0 Å². The summed E-state index contributed by atoms with van der Waals surface area (Å²) in [5.41, 5.74) is 0. The Labute approximate surface area is 95.8 Å². The Morgan fingerprint density at radius 3 is 2.88 bits per heavy atom. The minimum atomic E-state index is -0.219. The zero-order chi connectivity index (χ0) is 11.4. The fourth-order valence-electron chi connectivity index (χ4n) is 2.35. The van der Waals surface area contributed by atoms with Gasteiger partial charge in [-0.2, -0.15) is 0 Å². The van der Waals surface area contributed by atoms with Crippen LogP contribution in [0.15, 0.2) is 0 Å². The average molecular weight is 228 g/mol. The van der Waals surface area contributed by atoms with E-state index in [9.17, 15) is 4.79 Å². The van der Waals surface area contributed by atoms with Gasteiger partial charge in [-0.25, -0.2) is 4.79 Å². The molecule has 2 rings (SSSR count). The number of rotatable bonds is 2. The van der Waals surface area contributed by atoms with Crippen LogP contribution in [0, 0.1) is 0 Å². The van der Waals surface area contributed by atoms with Crippen LogP contribution in [0.5, 0.6) is 0 Å².